The van der Waals surface area contributed by atoms with Crippen LogP contribution < -0.4 is 10.6 Å². The first kappa shape index (κ1) is 17.5. The van der Waals surface area contributed by atoms with E-state index in [4.69, 9.17) is 34.0 Å². The monoisotopic (exact) mass is 378 g/mol. The van der Waals surface area contributed by atoms with E-state index in [0.29, 0.717) is 28.1 Å². The maximum Gasteiger partial charge on any atom is 0.323 e. The van der Waals surface area contributed by atoms with Crippen molar-refractivity contribution in [1.29, 1.82) is 0 Å². The number of carboxylic acid groups (broad SMARTS) is 1. The number of halogens is 2. The number of imidazole rings is 1. The van der Waals surface area contributed by atoms with Gasteiger partial charge in [-0.05, 0) is 23.8 Å². The summed E-state index contributed by atoms with van der Waals surface area (Å²) >= 11 is 12.3. The first-order chi connectivity index (χ1) is 11.9. The molecule has 0 saturated carbocycles. The number of carboxylic acids is 1. The molecule has 25 heavy (non-hydrogen) atoms. The highest BCUT2D eigenvalue weighted by atomic mass is 35.5. The molecule has 0 aliphatic carbocycles. The molecular weight excluding hydrogens is 363 g/mol. The average molecular weight is 379 g/mol. The molecule has 2 aromatic heterocycles. The molecule has 0 atom stereocenters. The highest BCUT2D eigenvalue weighted by Crippen LogP contribution is 2.33. The number of aromatic nitrogens is 2. The van der Waals surface area contributed by atoms with E-state index in [2.05, 4.69) is 4.98 Å². The minimum Gasteiger partial charge on any atom is -0.480 e. The van der Waals surface area contributed by atoms with Crippen LogP contribution in [0.3, 0.4) is 0 Å². The summed E-state index contributed by atoms with van der Waals surface area (Å²) in [5.74, 6) is -0.260. The number of benzene rings is 1. The Morgan fingerprint density at radius 3 is 2.72 bits per heavy atom. The summed E-state index contributed by atoms with van der Waals surface area (Å²) in [6, 6.07) is 7.15. The van der Waals surface area contributed by atoms with Crippen molar-refractivity contribution in [2.45, 2.75) is 6.54 Å². The zero-order valence-electron chi connectivity index (χ0n) is 13.4. The average Bonchev–Trinajstić information content (AvgIpc) is 2.96. The quantitative estimate of drug-likeness (QED) is 0.711. The normalized spacial score (nSPS) is 11.0. The number of anilines is 1. The number of nitrogens with two attached hydrogens (primary N) is 1. The van der Waals surface area contributed by atoms with E-state index >= 15 is 0 Å². The molecule has 1 aromatic carbocycles. The molecule has 0 fully saturated rings. The van der Waals surface area contributed by atoms with Crippen LogP contribution in [-0.2, 0) is 11.3 Å². The SMILES string of the molecule is CN(CC(=O)O)c1cnc2cc(CN)c(-c3ccc(Cl)cc3Cl)cn12. The molecule has 3 aromatic rings. The Kier molecular flexibility index (Phi) is 4.85. The van der Waals surface area contributed by atoms with Gasteiger partial charge in [0.25, 0.3) is 0 Å². The van der Waals surface area contributed by atoms with Crippen LogP contribution in [0.2, 0.25) is 10.0 Å². The van der Waals surface area contributed by atoms with Crippen LogP contribution in [0.5, 0.6) is 0 Å². The lowest BCUT2D eigenvalue weighted by atomic mass is 10.0. The molecule has 0 aliphatic rings. The van der Waals surface area contributed by atoms with Gasteiger partial charge in [-0.25, -0.2) is 4.98 Å². The molecule has 130 valence electrons. The van der Waals surface area contributed by atoms with Gasteiger partial charge in [0.2, 0.25) is 0 Å². The second kappa shape index (κ2) is 6.92. The number of hydrogen-bond acceptors (Lipinski definition) is 4. The molecule has 3 rings (SSSR count). The van der Waals surface area contributed by atoms with Crippen molar-refractivity contribution in [2.75, 3.05) is 18.5 Å². The van der Waals surface area contributed by atoms with Crippen LogP contribution in [0.4, 0.5) is 5.82 Å². The van der Waals surface area contributed by atoms with Crippen molar-refractivity contribution < 1.29 is 9.90 Å². The number of nitrogens with zero attached hydrogens (tertiary/aromatic N) is 3. The highest BCUT2D eigenvalue weighted by Gasteiger charge is 2.15. The second-order valence-corrected chi connectivity index (χ2v) is 6.48. The van der Waals surface area contributed by atoms with Crippen LogP contribution in [0.25, 0.3) is 16.8 Å². The Morgan fingerprint density at radius 2 is 2.08 bits per heavy atom. The van der Waals surface area contributed by atoms with Gasteiger partial charge in [-0.15, -0.1) is 0 Å². The largest absolute Gasteiger partial charge is 0.480 e. The van der Waals surface area contributed by atoms with Crippen LogP contribution >= 0.6 is 23.2 Å². The van der Waals surface area contributed by atoms with Gasteiger partial charge < -0.3 is 15.7 Å². The number of carbonyl (C=O) groups is 1. The van der Waals surface area contributed by atoms with Crippen LogP contribution in [0.1, 0.15) is 5.56 Å². The van der Waals surface area contributed by atoms with Crippen LogP contribution in [0.15, 0.2) is 36.7 Å². The first-order valence-electron chi connectivity index (χ1n) is 7.49. The summed E-state index contributed by atoms with van der Waals surface area (Å²) in [4.78, 5) is 16.9. The van der Waals surface area contributed by atoms with Crippen molar-refractivity contribution in [1.82, 2.24) is 9.38 Å². The van der Waals surface area contributed by atoms with E-state index in [9.17, 15) is 4.79 Å². The molecule has 2 heterocycles. The Balaban J connectivity index is 2.19. The number of likely N-dealkylation sites (N-methyl/N-ethyl adjacent to an activating group) is 1. The van der Waals surface area contributed by atoms with E-state index in [1.165, 1.54) is 0 Å². The number of aliphatic carboxylic acids is 1. The Bertz CT molecular complexity index is 955. The Labute approximate surface area is 154 Å². The fraction of sp³-hybridized carbons (Fsp3) is 0.176. The third-order valence-electron chi connectivity index (χ3n) is 3.92. The molecule has 0 radical (unpaired) electrons. The number of fused-ring (bicyclic) bond motifs is 1. The minimum atomic E-state index is -0.919. The zero-order chi connectivity index (χ0) is 18.1. The maximum absolute atomic E-state index is 11.0. The lowest BCUT2D eigenvalue weighted by molar-refractivity contribution is -0.135. The predicted octanol–water partition coefficient (Wildman–Crippen LogP) is 3.29. The van der Waals surface area contributed by atoms with Crippen molar-refractivity contribution in [3.63, 3.8) is 0 Å². The molecular formula is C17H16Cl2N4O2. The molecule has 0 amide bonds. The smallest absolute Gasteiger partial charge is 0.323 e. The summed E-state index contributed by atoms with van der Waals surface area (Å²) in [6.45, 7) is 0.182. The molecule has 0 spiro atoms. The van der Waals surface area contributed by atoms with Crippen molar-refractivity contribution >= 4 is 40.6 Å². The van der Waals surface area contributed by atoms with Gasteiger partial charge in [-0.2, -0.15) is 0 Å². The number of pyridine rings is 1. The molecule has 6 nitrogen and oxygen atoms in total. The fourth-order valence-electron chi connectivity index (χ4n) is 2.74. The third kappa shape index (κ3) is 3.42. The molecule has 3 N–H and O–H groups in total. The van der Waals surface area contributed by atoms with Gasteiger partial charge in [0.05, 0.1) is 6.20 Å². The zero-order valence-corrected chi connectivity index (χ0v) is 14.9. The Morgan fingerprint density at radius 1 is 1.32 bits per heavy atom. The summed E-state index contributed by atoms with van der Waals surface area (Å²) in [5.41, 5.74) is 9.11. The lowest BCUT2D eigenvalue weighted by Crippen LogP contribution is -2.26. The molecule has 0 saturated heterocycles. The number of rotatable bonds is 5. The van der Waals surface area contributed by atoms with Crippen molar-refractivity contribution in [2.24, 2.45) is 5.73 Å². The van der Waals surface area contributed by atoms with Crippen LogP contribution in [0, 0.1) is 0 Å². The van der Waals surface area contributed by atoms with Gasteiger partial charge in [0.1, 0.15) is 18.0 Å². The third-order valence-corrected chi connectivity index (χ3v) is 4.47. The van der Waals surface area contributed by atoms with E-state index in [1.54, 1.807) is 30.3 Å². The van der Waals surface area contributed by atoms with Crippen molar-refractivity contribution in [3.8, 4) is 11.1 Å². The van der Waals surface area contributed by atoms with Gasteiger partial charge in [-0.1, -0.05) is 29.3 Å². The van der Waals surface area contributed by atoms with Gasteiger partial charge in [0, 0.05) is 41.0 Å². The van der Waals surface area contributed by atoms with E-state index in [-0.39, 0.29) is 6.54 Å². The Hall–Kier alpha value is -2.28. The molecule has 0 aliphatic heterocycles. The second-order valence-electron chi connectivity index (χ2n) is 5.64. The van der Waals surface area contributed by atoms with E-state index in [1.807, 2.05) is 22.7 Å². The predicted molar refractivity (Wildman–Crippen MR) is 99.4 cm³/mol. The molecule has 0 bridgehead atoms. The summed E-state index contributed by atoms with van der Waals surface area (Å²) in [6.07, 6.45) is 3.50. The van der Waals surface area contributed by atoms with Gasteiger partial charge >= 0.3 is 5.97 Å². The fourth-order valence-corrected chi connectivity index (χ4v) is 3.25. The topological polar surface area (TPSA) is 83.9 Å². The number of hydrogen-bond donors (Lipinski definition) is 2. The molecule has 8 heteroatoms. The van der Waals surface area contributed by atoms with Crippen LogP contribution in [-0.4, -0.2) is 34.1 Å². The highest BCUT2D eigenvalue weighted by molar-refractivity contribution is 6.36. The standard InChI is InChI=1S/C17H16Cl2N4O2/c1-22(9-17(24)25)16-7-21-15-4-10(6-20)13(8-23(15)16)12-3-2-11(18)5-14(12)19/h2-5,7-8H,6,9,20H2,1H3,(H,24,25). The summed E-state index contributed by atoms with van der Waals surface area (Å²) < 4.78 is 1.82. The van der Waals surface area contributed by atoms with E-state index < -0.39 is 5.97 Å². The van der Waals surface area contributed by atoms with Crippen molar-refractivity contribution in [3.05, 3.63) is 52.3 Å². The van der Waals surface area contributed by atoms with Gasteiger partial charge in [-0.3, -0.25) is 9.20 Å². The first-order valence-corrected chi connectivity index (χ1v) is 8.24. The lowest BCUT2D eigenvalue weighted by Gasteiger charge is -2.17. The maximum atomic E-state index is 11.0. The molecule has 0 unspecified atom stereocenters. The summed E-state index contributed by atoms with van der Waals surface area (Å²) in [5, 5.41) is 10.1. The van der Waals surface area contributed by atoms with Gasteiger partial charge in [0.15, 0.2) is 0 Å². The minimum absolute atomic E-state index is 0.135. The summed E-state index contributed by atoms with van der Waals surface area (Å²) in [7, 11) is 1.70. The van der Waals surface area contributed by atoms with E-state index in [0.717, 1.165) is 16.7 Å².